The predicted octanol–water partition coefficient (Wildman–Crippen LogP) is 2.62. The van der Waals surface area contributed by atoms with E-state index in [2.05, 4.69) is 26.8 Å². The molecule has 0 saturated carbocycles. The summed E-state index contributed by atoms with van der Waals surface area (Å²) in [6.07, 6.45) is 4.31. The Hall–Kier alpha value is -4.12. The van der Waals surface area contributed by atoms with Gasteiger partial charge in [-0.25, -0.2) is 0 Å². The third-order valence-electron chi connectivity index (χ3n) is 4.87. The maximum absolute atomic E-state index is 13.4. The molecule has 1 aliphatic rings. The lowest BCUT2D eigenvalue weighted by atomic mass is 9.95. The van der Waals surface area contributed by atoms with Gasteiger partial charge in [-0.2, -0.15) is 10.4 Å². The van der Waals surface area contributed by atoms with E-state index in [1.165, 1.54) is 0 Å². The normalized spacial score (nSPS) is 13.0. The largest absolute Gasteiger partial charge is 0.488 e. The molecular formula is C23H22N6O2. The van der Waals surface area contributed by atoms with Crippen LogP contribution < -0.4 is 15.4 Å². The van der Waals surface area contributed by atoms with E-state index < -0.39 is 5.91 Å². The van der Waals surface area contributed by atoms with E-state index >= 15 is 0 Å². The fourth-order valence-electron chi connectivity index (χ4n) is 3.39. The Morgan fingerprint density at radius 2 is 2.13 bits per heavy atom. The van der Waals surface area contributed by atoms with Gasteiger partial charge < -0.3 is 10.1 Å². The Bertz CT molecular complexity index is 1160. The summed E-state index contributed by atoms with van der Waals surface area (Å²) in [6, 6.07) is 15.2. The number of ether oxygens (including phenoxy) is 1. The molecule has 8 nitrogen and oxygen atoms in total. The van der Waals surface area contributed by atoms with E-state index in [1.54, 1.807) is 36.3 Å². The molecule has 2 N–H and O–H groups in total. The average molecular weight is 414 g/mol. The highest BCUT2D eigenvalue weighted by molar-refractivity contribution is 6.11. The summed E-state index contributed by atoms with van der Waals surface area (Å²) in [7, 11) is 1.78. The monoisotopic (exact) mass is 414 g/mol. The summed E-state index contributed by atoms with van der Waals surface area (Å²) in [5.74, 6) is 0.410. The van der Waals surface area contributed by atoms with E-state index in [0.29, 0.717) is 41.6 Å². The van der Waals surface area contributed by atoms with Crippen LogP contribution in [0.4, 0.5) is 0 Å². The Balaban J connectivity index is 1.77. The summed E-state index contributed by atoms with van der Waals surface area (Å²) in [4.78, 5) is 17.7. The van der Waals surface area contributed by atoms with Crippen LogP contribution in [0.15, 0.2) is 59.9 Å². The molecule has 1 aliphatic heterocycles. The number of carbonyl (C=O) groups is 1. The number of aromatic nitrogens is 2. The number of hydrogen-bond donors (Lipinski definition) is 2. The molecule has 0 atom stereocenters. The number of amides is 1. The van der Waals surface area contributed by atoms with E-state index in [9.17, 15) is 10.1 Å². The van der Waals surface area contributed by atoms with Crippen molar-refractivity contribution in [2.75, 3.05) is 13.1 Å². The molecule has 2 heterocycles. The first-order valence-electron chi connectivity index (χ1n) is 9.98. The highest BCUT2D eigenvalue weighted by Gasteiger charge is 2.24. The summed E-state index contributed by atoms with van der Waals surface area (Å²) in [5, 5.41) is 19.8. The van der Waals surface area contributed by atoms with Crippen molar-refractivity contribution in [1.29, 1.82) is 5.26 Å². The van der Waals surface area contributed by atoms with Gasteiger partial charge in [0.2, 0.25) is 0 Å². The SMILES string of the molecule is Cn1cc(-c2c(C#N)ccc(OCc3ccccc3)c2C(=O)NC2=NCCCN2)cn1. The second kappa shape index (κ2) is 9.13. The van der Waals surface area contributed by atoms with Gasteiger partial charge in [0.25, 0.3) is 5.91 Å². The summed E-state index contributed by atoms with van der Waals surface area (Å²) < 4.78 is 7.67. The molecule has 4 rings (SSSR count). The zero-order valence-corrected chi connectivity index (χ0v) is 17.1. The number of benzene rings is 2. The molecule has 0 bridgehead atoms. The molecule has 0 aliphatic carbocycles. The number of nitrogens with zero attached hydrogens (tertiary/aromatic N) is 4. The lowest BCUT2D eigenvalue weighted by Gasteiger charge is -2.19. The van der Waals surface area contributed by atoms with Crippen molar-refractivity contribution in [3.63, 3.8) is 0 Å². The van der Waals surface area contributed by atoms with E-state index in [-0.39, 0.29) is 5.56 Å². The van der Waals surface area contributed by atoms with Gasteiger partial charge in [-0.1, -0.05) is 30.3 Å². The molecule has 31 heavy (non-hydrogen) atoms. The van der Waals surface area contributed by atoms with Crippen molar-refractivity contribution >= 4 is 11.9 Å². The number of aryl methyl sites for hydroxylation is 1. The molecule has 0 unspecified atom stereocenters. The van der Waals surface area contributed by atoms with Gasteiger partial charge in [0.05, 0.1) is 23.4 Å². The van der Waals surface area contributed by atoms with E-state index in [0.717, 1.165) is 18.5 Å². The van der Waals surface area contributed by atoms with Crippen molar-refractivity contribution in [1.82, 2.24) is 20.4 Å². The number of guanidine groups is 1. The average Bonchev–Trinajstić information content (AvgIpc) is 3.24. The lowest BCUT2D eigenvalue weighted by Crippen LogP contribution is -2.44. The molecule has 1 amide bonds. The second-order valence-corrected chi connectivity index (χ2v) is 7.11. The molecule has 0 fully saturated rings. The van der Waals surface area contributed by atoms with E-state index in [1.807, 2.05) is 30.3 Å². The number of rotatable bonds is 5. The van der Waals surface area contributed by atoms with Crippen LogP contribution in [0.2, 0.25) is 0 Å². The fourth-order valence-corrected chi connectivity index (χ4v) is 3.39. The first-order chi connectivity index (χ1) is 15.2. The first-order valence-corrected chi connectivity index (χ1v) is 9.98. The molecule has 156 valence electrons. The highest BCUT2D eigenvalue weighted by Crippen LogP contribution is 2.34. The third-order valence-corrected chi connectivity index (χ3v) is 4.87. The van der Waals surface area contributed by atoms with Gasteiger partial charge in [-0.3, -0.25) is 19.8 Å². The van der Waals surface area contributed by atoms with Gasteiger partial charge in [0.15, 0.2) is 5.96 Å². The number of nitriles is 1. The molecule has 3 aromatic rings. The standard InChI is InChI=1S/C23H22N6O2/c1-29-14-18(13-27-29)20-17(12-24)8-9-19(31-15-16-6-3-2-4-7-16)21(20)22(30)28-23-25-10-5-11-26-23/h2-4,6-9,13-14H,5,10-11,15H2,1H3,(H2,25,26,28,30). The van der Waals surface area contributed by atoms with Crippen molar-refractivity contribution in [3.05, 3.63) is 71.5 Å². The number of carbonyl (C=O) groups excluding carboxylic acids is 1. The van der Waals surface area contributed by atoms with Gasteiger partial charge in [-0.15, -0.1) is 0 Å². The molecule has 0 spiro atoms. The minimum atomic E-state index is -0.396. The smallest absolute Gasteiger partial charge is 0.262 e. The van der Waals surface area contributed by atoms with Crippen LogP contribution in [-0.4, -0.2) is 34.7 Å². The van der Waals surface area contributed by atoms with Crippen molar-refractivity contribution in [2.45, 2.75) is 13.0 Å². The predicted molar refractivity (Wildman–Crippen MR) is 117 cm³/mol. The molecular weight excluding hydrogens is 392 g/mol. The van der Waals surface area contributed by atoms with Crippen molar-refractivity contribution in [2.24, 2.45) is 12.0 Å². The maximum Gasteiger partial charge on any atom is 0.262 e. The maximum atomic E-state index is 13.4. The zero-order chi connectivity index (χ0) is 21.6. The van der Waals surface area contributed by atoms with Crippen LogP contribution >= 0.6 is 0 Å². The highest BCUT2D eigenvalue weighted by atomic mass is 16.5. The Kier molecular flexibility index (Phi) is 5.94. The second-order valence-electron chi connectivity index (χ2n) is 7.11. The van der Waals surface area contributed by atoms with Gasteiger partial charge in [0.1, 0.15) is 12.4 Å². The summed E-state index contributed by atoms with van der Waals surface area (Å²) in [5.41, 5.74) is 2.75. The van der Waals surface area contributed by atoms with E-state index in [4.69, 9.17) is 4.74 Å². The Morgan fingerprint density at radius 1 is 1.29 bits per heavy atom. The first kappa shape index (κ1) is 20.2. The van der Waals surface area contributed by atoms with Crippen LogP contribution in [0.3, 0.4) is 0 Å². The topological polar surface area (TPSA) is 104 Å². The van der Waals surface area contributed by atoms with Gasteiger partial charge in [-0.05, 0) is 24.1 Å². The number of nitrogens with one attached hydrogen (secondary N) is 2. The van der Waals surface area contributed by atoms with Gasteiger partial charge in [0, 0.05) is 37.5 Å². The summed E-state index contributed by atoms with van der Waals surface area (Å²) in [6.45, 7) is 1.68. The van der Waals surface area contributed by atoms with Crippen molar-refractivity contribution in [3.8, 4) is 22.9 Å². The van der Waals surface area contributed by atoms with Gasteiger partial charge >= 0.3 is 0 Å². The molecule has 2 aromatic carbocycles. The Morgan fingerprint density at radius 3 is 2.81 bits per heavy atom. The lowest BCUT2D eigenvalue weighted by molar-refractivity contribution is 0.0971. The molecule has 0 radical (unpaired) electrons. The molecule has 0 saturated heterocycles. The van der Waals surface area contributed by atoms with Crippen LogP contribution in [0.5, 0.6) is 5.75 Å². The van der Waals surface area contributed by atoms with Crippen LogP contribution in [0, 0.1) is 11.3 Å². The van der Waals surface area contributed by atoms with Crippen LogP contribution in [-0.2, 0) is 13.7 Å². The number of aliphatic imine (C=N–C) groups is 1. The van der Waals surface area contributed by atoms with Crippen LogP contribution in [0.1, 0.15) is 27.9 Å². The summed E-state index contributed by atoms with van der Waals surface area (Å²) >= 11 is 0. The minimum Gasteiger partial charge on any atom is -0.488 e. The Labute approximate surface area is 180 Å². The number of hydrogen-bond acceptors (Lipinski definition) is 6. The third kappa shape index (κ3) is 4.56. The fraction of sp³-hybridized carbons (Fsp3) is 0.217. The van der Waals surface area contributed by atoms with Crippen molar-refractivity contribution < 1.29 is 9.53 Å². The molecule has 8 heteroatoms. The molecule has 1 aromatic heterocycles. The van der Waals surface area contributed by atoms with Crippen LogP contribution in [0.25, 0.3) is 11.1 Å². The minimum absolute atomic E-state index is 0.276. The zero-order valence-electron chi connectivity index (χ0n) is 17.1. The quantitative estimate of drug-likeness (QED) is 0.668.